The lowest BCUT2D eigenvalue weighted by atomic mass is 10.4. The Morgan fingerprint density at radius 2 is 1.86 bits per heavy atom. The molecule has 1 aromatic rings. The molecule has 0 bridgehead atoms. The first kappa shape index (κ1) is 10.4. The van der Waals surface area contributed by atoms with Crippen molar-refractivity contribution in [2.24, 2.45) is 4.99 Å². The van der Waals surface area contributed by atoms with Gasteiger partial charge in [-0.2, -0.15) is 4.98 Å². The first-order chi connectivity index (χ1) is 6.56. The first-order valence-electron chi connectivity index (χ1n) is 4.24. The van der Waals surface area contributed by atoms with Gasteiger partial charge in [0.15, 0.2) is 5.82 Å². The minimum absolute atomic E-state index is 0.668. The number of hydrogen-bond donors (Lipinski definition) is 0. The van der Waals surface area contributed by atoms with Crippen LogP contribution < -0.4 is 9.80 Å². The summed E-state index contributed by atoms with van der Waals surface area (Å²) in [5.41, 5.74) is 0.695. The van der Waals surface area contributed by atoms with Crippen LogP contribution in [0.5, 0.6) is 0 Å². The highest BCUT2D eigenvalue weighted by atomic mass is 15.3. The Morgan fingerprint density at radius 3 is 2.29 bits per heavy atom. The Morgan fingerprint density at radius 1 is 1.21 bits per heavy atom. The zero-order chi connectivity index (χ0) is 10.7. The van der Waals surface area contributed by atoms with Crippen molar-refractivity contribution in [2.75, 3.05) is 38.0 Å². The fraction of sp³-hybridized carbons (Fsp3) is 0.444. The third kappa shape index (κ3) is 1.99. The van der Waals surface area contributed by atoms with E-state index in [0.29, 0.717) is 11.6 Å². The third-order valence-corrected chi connectivity index (χ3v) is 1.73. The van der Waals surface area contributed by atoms with Crippen molar-refractivity contribution in [3.8, 4) is 0 Å². The summed E-state index contributed by atoms with van der Waals surface area (Å²) >= 11 is 0. The Balaban J connectivity index is 3.20. The van der Waals surface area contributed by atoms with Crippen LogP contribution in [0.2, 0.25) is 0 Å². The second-order valence-electron chi connectivity index (χ2n) is 3.33. The van der Waals surface area contributed by atoms with E-state index in [4.69, 9.17) is 0 Å². The molecule has 14 heavy (non-hydrogen) atoms. The highest BCUT2D eigenvalue weighted by molar-refractivity contribution is 5.64. The van der Waals surface area contributed by atoms with Crippen LogP contribution in [0.3, 0.4) is 0 Å². The molecular weight excluding hydrogens is 178 g/mol. The lowest BCUT2D eigenvalue weighted by Gasteiger charge is -2.16. The van der Waals surface area contributed by atoms with Crippen LogP contribution in [0.25, 0.3) is 0 Å². The molecule has 5 nitrogen and oxygen atoms in total. The number of rotatable bonds is 3. The van der Waals surface area contributed by atoms with Gasteiger partial charge in [0.2, 0.25) is 5.95 Å². The van der Waals surface area contributed by atoms with Crippen molar-refractivity contribution in [1.29, 1.82) is 0 Å². The molecule has 1 rings (SSSR count). The molecule has 0 amide bonds. The summed E-state index contributed by atoms with van der Waals surface area (Å²) < 4.78 is 0. The fourth-order valence-electron chi connectivity index (χ4n) is 1.01. The predicted molar refractivity (Wildman–Crippen MR) is 59.9 cm³/mol. The van der Waals surface area contributed by atoms with Gasteiger partial charge in [0.05, 0.1) is 6.20 Å². The summed E-state index contributed by atoms with van der Waals surface area (Å²) in [4.78, 5) is 16.1. The van der Waals surface area contributed by atoms with Crippen molar-refractivity contribution >= 4 is 24.2 Å². The van der Waals surface area contributed by atoms with Gasteiger partial charge in [-0.25, -0.2) is 4.98 Å². The maximum atomic E-state index is 4.35. The maximum absolute atomic E-state index is 4.35. The second-order valence-corrected chi connectivity index (χ2v) is 3.33. The fourth-order valence-corrected chi connectivity index (χ4v) is 1.01. The zero-order valence-corrected chi connectivity index (χ0v) is 9.02. The molecular formula is C9H15N5. The molecule has 0 unspecified atom stereocenters. The number of anilines is 2. The van der Waals surface area contributed by atoms with E-state index in [2.05, 4.69) is 21.7 Å². The van der Waals surface area contributed by atoms with Gasteiger partial charge in [-0.1, -0.05) is 0 Å². The van der Waals surface area contributed by atoms with Crippen LogP contribution in [0.1, 0.15) is 0 Å². The molecule has 0 aliphatic heterocycles. The summed E-state index contributed by atoms with van der Waals surface area (Å²) in [6.45, 7) is 3.48. The summed E-state index contributed by atoms with van der Waals surface area (Å²) in [6, 6.07) is 0. The lowest BCUT2D eigenvalue weighted by Crippen LogP contribution is -2.16. The highest BCUT2D eigenvalue weighted by Crippen LogP contribution is 2.24. The van der Waals surface area contributed by atoms with Gasteiger partial charge in [-0.05, 0) is 6.72 Å². The normalized spacial score (nSPS) is 9.71. The average molecular weight is 193 g/mol. The molecule has 5 heteroatoms. The van der Waals surface area contributed by atoms with Crippen LogP contribution >= 0.6 is 0 Å². The van der Waals surface area contributed by atoms with Gasteiger partial charge in [0, 0.05) is 28.2 Å². The molecule has 1 heterocycles. The number of aliphatic imine (C=N–C) groups is 1. The van der Waals surface area contributed by atoms with Crippen LogP contribution in [0.4, 0.5) is 17.5 Å². The second kappa shape index (κ2) is 4.04. The molecule has 0 saturated carbocycles. The summed E-state index contributed by atoms with van der Waals surface area (Å²) in [7, 11) is 7.62. The van der Waals surface area contributed by atoms with Gasteiger partial charge in [-0.3, -0.25) is 4.99 Å². The largest absolute Gasteiger partial charge is 0.361 e. The molecule has 0 fully saturated rings. The monoisotopic (exact) mass is 193 g/mol. The third-order valence-electron chi connectivity index (χ3n) is 1.73. The standard InChI is InChI=1S/C9H15N5/c1-10-7-6-11-9(14(4)5)12-8(7)13(2)3/h6H,1H2,2-5H3. The molecule has 0 N–H and O–H groups in total. The van der Waals surface area contributed by atoms with E-state index < -0.39 is 0 Å². The number of aromatic nitrogens is 2. The molecule has 0 saturated heterocycles. The van der Waals surface area contributed by atoms with E-state index >= 15 is 0 Å². The molecule has 0 radical (unpaired) electrons. The quantitative estimate of drug-likeness (QED) is 0.670. The highest BCUT2D eigenvalue weighted by Gasteiger charge is 2.08. The predicted octanol–water partition coefficient (Wildman–Crippen LogP) is 0.941. The molecule has 0 aromatic carbocycles. The lowest BCUT2D eigenvalue weighted by molar-refractivity contribution is 0.967. The van der Waals surface area contributed by atoms with Crippen molar-refractivity contribution in [3.63, 3.8) is 0 Å². The first-order valence-corrected chi connectivity index (χ1v) is 4.24. The Kier molecular flexibility index (Phi) is 3.01. The molecule has 0 spiro atoms. The van der Waals surface area contributed by atoms with Crippen molar-refractivity contribution in [2.45, 2.75) is 0 Å². The summed E-state index contributed by atoms with van der Waals surface area (Å²) in [6.07, 6.45) is 1.67. The Hall–Kier alpha value is -1.65. The topological polar surface area (TPSA) is 44.6 Å². The van der Waals surface area contributed by atoms with Crippen LogP contribution in [0, 0.1) is 0 Å². The maximum Gasteiger partial charge on any atom is 0.226 e. The van der Waals surface area contributed by atoms with E-state index in [0.717, 1.165) is 5.82 Å². The molecule has 76 valence electrons. The van der Waals surface area contributed by atoms with Gasteiger partial charge in [0.25, 0.3) is 0 Å². The van der Waals surface area contributed by atoms with Gasteiger partial charge in [0.1, 0.15) is 5.69 Å². The SMILES string of the molecule is C=Nc1cnc(N(C)C)nc1N(C)C. The summed E-state index contributed by atoms with van der Waals surface area (Å²) in [5.74, 6) is 1.44. The van der Waals surface area contributed by atoms with Gasteiger partial charge < -0.3 is 9.80 Å². The van der Waals surface area contributed by atoms with Crippen LogP contribution in [-0.4, -0.2) is 44.9 Å². The van der Waals surface area contributed by atoms with E-state index in [1.807, 2.05) is 38.0 Å². The minimum Gasteiger partial charge on any atom is -0.361 e. The van der Waals surface area contributed by atoms with Crippen molar-refractivity contribution in [3.05, 3.63) is 6.20 Å². The van der Waals surface area contributed by atoms with E-state index in [-0.39, 0.29) is 0 Å². The Bertz CT molecular complexity index is 332. The average Bonchev–Trinajstić information content (AvgIpc) is 2.16. The smallest absolute Gasteiger partial charge is 0.226 e. The Labute approximate surface area is 84.1 Å². The van der Waals surface area contributed by atoms with Crippen LogP contribution in [0.15, 0.2) is 11.2 Å². The summed E-state index contributed by atoms with van der Waals surface area (Å²) in [5, 5.41) is 0. The van der Waals surface area contributed by atoms with Crippen molar-refractivity contribution in [1.82, 2.24) is 9.97 Å². The van der Waals surface area contributed by atoms with Gasteiger partial charge in [-0.15, -0.1) is 0 Å². The van der Waals surface area contributed by atoms with Crippen LogP contribution in [-0.2, 0) is 0 Å². The van der Waals surface area contributed by atoms with E-state index in [1.165, 1.54) is 0 Å². The van der Waals surface area contributed by atoms with Gasteiger partial charge >= 0.3 is 0 Å². The van der Waals surface area contributed by atoms with E-state index in [9.17, 15) is 0 Å². The number of hydrogen-bond acceptors (Lipinski definition) is 5. The molecule has 0 atom stereocenters. The molecule has 1 aromatic heterocycles. The molecule has 0 aliphatic carbocycles. The number of nitrogens with zero attached hydrogens (tertiary/aromatic N) is 5. The zero-order valence-electron chi connectivity index (χ0n) is 9.02. The van der Waals surface area contributed by atoms with E-state index in [1.54, 1.807) is 6.20 Å². The van der Waals surface area contributed by atoms with Crippen molar-refractivity contribution < 1.29 is 0 Å². The molecule has 0 aliphatic rings. The minimum atomic E-state index is 0.668.